The molecular weight excluding hydrogens is 274 g/mol. The Morgan fingerprint density at radius 1 is 1.45 bits per heavy atom. The number of para-hydroxylation sites is 1. The molecule has 1 unspecified atom stereocenters. The number of unbranched alkanes of at least 4 members (excludes halogenated alkanes) is 1. The Kier molecular flexibility index (Phi) is 6.54. The van der Waals surface area contributed by atoms with Gasteiger partial charge in [-0.3, -0.25) is 15.0 Å². The van der Waals surface area contributed by atoms with E-state index in [0.717, 1.165) is 25.9 Å². The zero-order valence-electron chi connectivity index (χ0n) is 11.9. The summed E-state index contributed by atoms with van der Waals surface area (Å²) in [6, 6.07) is 6.27. The summed E-state index contributed by atoms with van der Waals surface area (Å²) in [7, 11) is 0. The summed E-state index contributed by atoms with van der Waals surface area (Å²) in [5.41, 5.74) is 6.49. The van der Waals surface area contributed by atoms with Crippen LogP contribution in [0.1, 0.15) is 38.3 Å². The molecule has 20 heavy (non-hydrogen) atoms. The molecule has 0 amide bonds. The Balaban J connectivity index is 3.19. The number of nitro groups is 1. The molecule has 1 rings (SSSR count). The highest BCUT2D eigenvalue weighted by Gasteiger charge is 2.28. The molecule has 2 N–H and O–H groups in total. The summed E-state index contributed by atoms with van der Waals surface area (Å²) in [5.74, 6) is 0. The van der Waals surface area contributed by atoms with E-state index in [1.165, 1.54) is 6.07 Å². The number of rotatable bonds is 8. The summed E-state index contributed by atoms with van der Waals surface area (Å²) in [4.78, 5) is 13.2. The highest BCUT2D eigenvalue weighted by Crippen LogP contribution is 2.29. The van der Waals surface area contributed by atoms with E-state index >= 15 is 0 Å². The molecule has 0 radical (unpaired) electrons. The van der Waals surface area contributed by atoms with Crippen molar-refractivity contribution in [2.45, 2.75) is 32.7 Å². The SMILES string of the molecule is CCCCN(CC)C(C(N)=S)c1ccccc1[N+](=O)[O-]. The first kappa shape index (κ1) is 16.5. The fraction of sp³-hybridized carbons (Fsp3) is 0.500. The second-order valence-electron chi connectivity index (χ2n) is 4.60. The van der Waals surface area contributed by atoms with Gasteiger partial charge in [-0.15, -0.1) is 0 Å². The predicted octanol–water partition coefficient (Wildman–Crippen LogP) is 3.04. The van der Waals surface area contributed by atoms with E-state index in [2.05, 4.69) is 11.8 Å². The Labute approximate surface area is 124 Å². The molecule has 0 saturated heterocycles. The number of likely N-dealkylation sites (N-methyl/N-ethyl adjacent to an activating group) is 1. The standard InChI is InChI=1S/C14H21N3O2S/c1-3-5-10-16(4-2)13(14(15)20)11-8-6-7-9-12(11)17(18)19/h6-9,13H,3-5,10H2,1-2H3,(H2,15,20). The fourth-order valence-corrected chi connectivity index (χ4v) is 2.52. The number of nitro benzene ring substituents is 1. The Morgan fingerprint density at radius 2 is 2.10 bits per heavy atom. The molecule has 0 aliphatic heterocycles. The second-order valence-corrected chi connectivity index (χ2v) is 5.07. The zero-order chi connectivity index (χ0) is 15.1. The normalized spacial score (nSPS) is 12.3. The molecule has 0 heterocycles. The topological polar surface area (TPSA) is 72.4 Å². The molecule has 0 saturated carbocycles. The second kappa shape index (κ2) is 7.91. The van der Waals surface area contributed by atoms with Crippen molar-refractivity contribution >= 4 is 22.9 Å². The van der Waals surface area contributed by atoms with Gasteiger partial charge in [-0.1, -0.05) is 50.7 Å². The molecule has 0 aliphatic rings. The van der Waals surface area contributed by atoms with Crippen molar-refractivity contribution in [3.8, 4) is 0 Å². The third kappa shape index (κ3) is 3.98. The third-order valence-corrected chi connectivity index (χ3v) is 3.49. The molecule has 0 aliphatic carbocycles. The highest BCUT2D eigenvalue weighted by atomic mass is 32.1. The molecule has 0 aromatic heterocycles. The highest BCUT2D eigenvalue weighted by molar-refractivity contribution is 7.80. The predicted molar refractivity (Wildman–Crippen MR) is 84.8 cm³/mol. The van der Waals surface area contributed by atoms with Gasteiger partial charge in [0.1, 0.15) is 0 Å². The smallest absolute Gasteiger partial charge is 0.274 e. The number of hydrogen-bond acceptors (Lipinski definition) is 4. The van der Waals surface area contributed by atoms with Crippen LogP contribution in [0.15, 0.2) is 24.3 Å². The van der Waals surface area contributed by atoms with E-state index in [-0.39, 0.29) is 21.6 Å². The molecule has 0 spiro atoms. The van der Waals surface area contributed by atoms with Crippen LogP contribution in [-0.2, 0) is 0 Å². The van der Waals surface area contributed by atoms with Crippen LogP contribution in [0.4, 0.5) is 5.69 Å². The third-order valence-electron chi connectivity index (χ3n) is 3.27. The first-order chi connectivity index (χ1) is 9.52. The van der Waals surface area contributed by atoms with Gasteiger partial charge >= 0.3 is 0 Å². The van der Waals surface area contributed by atoms with Crippen LogP contribution in [0.3, 0.4) is 0 Å². The molecule has 0 fully saturated rings. The van der Waals surface area contributed by atoms with E-state index in [4.69, 9.17) is 18.0 Å². The average Bonchev–Trinajstić information content (AvgIpc) is 2.42. The number of nitrogens with two attached hydrogens (primary N) is 1. The molecule has 1 aromatic carbocycles. The van der Waals surface area contributed by atoms with Crippen LogP contribution in [0.2, 0.25) is 0 Å². The minimum Gasteiger partial charge on any atom is -0.392 e. The maximum atomic E-state index is 11.2. The van der Waals surface area contributed by atoms with E-state index in [9.17, 15) is 10.1 Å². The first-order valence-electron chi connectivity index (χ1n) is 6.79. The van der Waals surface area contributed by atoms with Crippen LogP contribution in [0.5, 0.6) is 0 Å². The van der Waals surface area contributed by atoms with Crippen molar-refractivity contribution in [3.63, 3.8) is 0 Å². The van der Waals surface area contributed by atoms with E-state index < -0.39 is 0 Å². The maximum Gasteiger partial charge on any atom is 0.274 e. The average molecular weight is 295 g/mol. The number of thiocarbonyl (C=S) groups is 1. The Hall–Kier alpha value is -1.53. The lowest BCUT2D eigenvalue weighted by Crippen LogP contribution is -2.37. The van der Waals surface area contributed by atoms with Gasteiger partial charge in [-0.25, -0.2) is 0 Å². The lowest BCUT2D eigenvalue weighted by Gasteiger charge is -2.29. The fourth-order valence-electron chi connectivity index (χ4n) is 2.25. The largest absolute Gasteiger partial charge is 0.392 e. The number of benzene rings is 1. The quantitative estimate of drug-likeness (QED) is 0.453. The summed E-state index contributed by atoms with van der Waals surface area (Å²) in [6.45, 7) is 5.68. The monoisotopic (exact) mass is 295 g/mol. The van der Waals surface area contributed by atoms with Gasteiger partial charge in [-0.05, 0) is 19.5 Å². The summed E-state index contributed by atoms with van der Waals surface area (Å²) in [5, 5.41) is 11.2. The number of nitrogens with zero attached hydrogens (tertiary/aromatic N) is 2. The molecule has 5 nitrogen and oxygen atoms in total. The van der Waals surface area contributed by atoms with Crippen molar-refractivity contribution in [1.29, 1.82) is 0 Å². The summed E-state index contributed by atoms with van der Waals surface area (Å²) in [6.07, 6.45) is 2.06. The Morgan fingerprint density at radius 3 is 2.60 bits per heavy atom. The lowest BCUT2D eigenvalue weighted by molar-refractivity contribution is -0.385. The Bertz CT molecular complexity index is 479. The van der Waals surface area contributed by atoms with Crippen molar-refractivity contribution in [3.05, 3.63) is 39.9 Å². The van der Waals surface area contributed by atoms with Gasteiger partial charge < -0.3 is 5.73 Å². The van der Waals surface area contributed by atoms with Gasteiger partial charge in [0.05, 0.1) is 21.5 Å². The van der Waals surface area contributed by atoms with Gasteiger partial charge in [-0.2, -0.15) is 0 Å². The van der Waals surface area contributed by atoms with Gasteiger partial charge in [0.15, 0.2) is 0 Å². The van der Waals surface area contributed by atoms with E-state index in [1.54, 1.807) is 18.2 Å². The summed E-state index contributed by atoms with van der Waals surface area (Å²) < 4.78 is 0. The van der Waals surface area contributed by atoms with Gasteiger partial charge in [0.2, 0.25) is 0 Å². The minimum atomic E-state index is -0.386. The lowest BCUT2D eigenvalue weighted by atomic mass is 10.0. The van der Waals surface area contributed by atoms with Gasteiger partial charge in [0, 0.05) is 6.07 Å². The van der Waals surface area contributed by atoms with Crippen LogP contribution in [0.25, 0.3) is 0 Å². The molecule has 1 aromatic rings. The zero-order valence-corrected chi connectivity index (χ0v) is 12.7. The van der Waals surface area contributed by atoms with Crippen LogP contribution < -0.4 is 5.73 Å². The first-order valence-corrected chi connectivity index (χ1v) is 7.20. The molecule has 0 bridgehead atoms. The maximum absolute atomic E-state index is 11.2. The van der Waals surface area contributed by atoms with Crippen LogP contribution in [-0.4, -0.2) is 27.9 Å². The van der Waals surface area contributed by atoms with Crippen LogP contribution in [0, 0.1) is 10.1 Å². The van der Waals surface area contributed by atoms with E-state index in [0.29, 0.717) is 5.56 Å². The van der Waals surface area contributed by atoms with Crippen molar-refractivity contribution in [2.75, 3.05) is 13.1 Å². The van der Waals surface area contributed by atoms with Gasteiger partial charge in [0.25, 0.3) is 5.69 Å². The molecule has 1 atom stereocenters. The van der Waals surface area contributed by atoms with Crippen LogP contribution >= 0.6 is 12.2 Å². The molecule has 110 valence electrons. The van der Waals surface area contributed by atoms with Crippen molar-refractivity contribution in [1.82, 2.24) is 4.90 Å². The summed E-state index contributed by atoms with van der Waals surface area (Å²) >= 11 is 5.15. The molecular formula is C14H21N3O2S. The van der Waals surface area contributed by atoms with Crippen molar-refractivity contribution < 1.29 is 4.92 Å². The number of hydrogen-bond donors (Lipinski definition) is 1. The van der Waals surface area contributed by atoms with Crippen molar-refractivity contribution in [2.24, 2.45) is 5.73 Å². The molecule has 6 heteroatoms. The van der Waals surface area contributed by atoms with E-state index in [1.807, 2.05) is 6.92 Å². The minimum absolute atomic E-state index is 0.0697.